The Kier molecular flexibility index (Phi) is 4.55. The Morgan fingerprint density at radius 3 is 2.31 bits per heavy atom. The molecule has 0 amide bonds. The summed E-state index contributed by atoms with van der Waals surface area (Å²) in [6.45, 7) is 7.54. The number of nitrogens with zero attached hydrogens (tertiary/aromatic N) is 5. The van der Waals surface area contributed by atoms with Gasteiger partial charge in [0.25, 0.3) is 0 Å². The molecule has 0 aliphatic carbocycles. The molecular formula is C19H20FN5S. The van der Waals surface area contributed by atoms with Gasteiger partial charge in [0.05, 0.1) is 5.69 Å². The van der Waals surface area contributed by atoms with Gasteiger partial charge in [-0.1, -0.05) is 0 Å². The van der Waals surface area contributed by atoms with E-state index in [0.29, 0.717) is 0 Å². The first-order chi connectivity index (χ1) is 12.6. The third-order valence-corrected chi connectivity index (χ3v) is 5.36. The topological polar surface area (TPSA) is 45.2 Å². The van der Waals surface area contributed by atoms with Crippen molar-refractivity contribution in [2.45, 2.75) is 13.8 Å². The highest BCUT2D eigenvalue weighted by molar-refractivity contribution is 7.14. The zero-order chi connectivity index (χ0) is 18.1. The minimum absolute atomic E-state index is 0.226. The summed E-state index contributed by atoms with van der Waals surface area (Å²) in [4.78, 5) is 18.2. The van der Waals surface area contributed by atoms with Gasteiger partial charge in [0.1, 0.15) is 17.5 Å². The number of piperazine rings is 1. The lowest BCUT2D eigenvalue weighted by Gasteiger charge is -2.35. The molecule has 1 fully saturated rings. The maximum Gasteiger partial charge on any atom is 0.185 e. The van der Waals surface area contributed by atoms with Crippen molar-refractivity contribution in [3.8, 4) is 11.3 Å². The van der Waals surface area contributed by atoms with E-state index in [1.54, 1.807) is 23.5 Å². The highest BCUT2D eigenvalue weighted by Gasteiger charge is 2.21. The Balaban J connectivity index is 1.44. The number of aryl methyl sites for hydroxylation is 2. The number of benzene rings is 1. The van der Waals surface area contributed by atoms with Gasteiger partial charge < -0.3 is 9.80 Å². The molecule has 1 saturated heterocycles. The van der Waals surface area contributed by atoms with Gasteiger partial charge in [-0.3, -0.25) is 0 Å². The lowest BCUT2D eigenvalue weighted by Crippen LogP contribution is -2.46. The normalized spacial score (nSPS) is 14.7. The molecule has 0 bridgehead atoms. The number of anilines is 2. The fourth-order valence-electron chi connectivity index (χ4n) is 3.15. The van der Waals surface area contributed by atoms with Crippen LogP contribution >= 0.6 is 11.3 Å². The molecule has 134 valence electrons. The van der Waals surface area contributed by atoms with Crippen LogP contribution in [0, 0.1) is 19.7 Å². The molecule has 5 nitrogen and oxygen atoms in total. The molecule has 7 heteroatoms. The van der Waals surface area contributed by atoms with Crippen molar-refractivity contribution in [2.75, 3.05) is 36.0 Å². The van der Waals surface area contributed by atoms with Crippen LogP contribution in [0.3, 0.4) is 0 Å². The standard InChI is InChI=1S/C19H20FN5S/c1-13-11-18(22-14(2)21-13)24-7-9-25(10-8-24)19-23-17(12-26-19)15-3-5-16(20)6-4-15/h3-6,11-12H,7-10H2,1-2H3. The molecule has 26 heavy (non-hydrogen) atoms. The molecule has 0 saturated carbocycles. The molecule has 0 radical (unpaired) electrons. The Hall–Kier alpha value is -2.54. The van der Waals surface area contributed by atoms with Gasteiger partial charge >= 0.3 is 0 Å². The van der Waals surface area contributed by atoms with Gasteiger partial charge in [-0.25, -0.2) is 19.3 Å². The number of rotatable bonds is 3. The Morgan fingerprint density at radius 1 is 0.923 bits per heavy atom. The van der Waals surface area contributed by atoms with Crippen LogP contribution < -0.4 is 9.80 Å². The van der Waals surface area contributed by atoms with Crippen LogP contribution in [0.15, 0.2) is 35.7 Å². The number of hydrogen-bond acceptors (Lipinski definition) is 6. The van der Waals surface area contributed by atoms with Crippen molar-refractivity contribution in [3.05, 3.63) is 53.0 Å². The molecule has 2 aromatic heterocycles. The first kappa shape index (κ1) is 16.9. The number of thiazole rings is 1. The summed E-state index contributed by atoms with van der Waals surface area (Å²) in [5.41, 5.74) is 2.84. The molecular weight excluding hydrogens is 349 g/mol. The van der Waals surface area contributed by atoms with Gasteiger partial charge in [0.15, 0.2) is 5.13 Å². The maximum atomic E-state index is 13.1. The second-order valence-electron chi connectivity index (χ2n) is 6.41. The molecule has 0 unspecified atom stereocenters. The molecule has 0 N–H and O–H groups in total. The summed E-state index contributed by atoms with van der Waals surface area (Å²) in [5.74, 6) is 1.59. The van der Waals surface area contributed by atoms with Crippen LogP contribution in [0.4, 0.5) is 15.3 Å². The summed E-state index contributed by atoms with van der Waals surface area (Å²) >= 11 is 1.63. The van der Waals surface area contributed by atoms with E-state index in [0.717, 1.165) is 59.9 Å². The maximum absolute atomic E-state index is 13.1. The molecule has 3 heterocycles. The van der Waals surface area contributed by atoms with Crippen LogP contribution in [-0.4, -0.2) is 41.1 Å². The average Bonchev–Trinajstić information content (AvgIpc) is 3.12. The van der Waals surface area contributed by atoms with E-state index < -0.39 is 0 Å². The van der Waals surface area contributed by atoms with E-state index in [2.05, 4.69) is 19.8 Å². The van der Waals surface area contributed by atoms with E-state index >= 15 is 0 Å². The van der Waals surface area contributed by atoms with Gasteiger partial charge in [0, 0.05) is 48.9 Å². The largest absolute Gasteiger partial charge is 0.353 e. The van der Waals surface area contributed by atoms with Crippen LogP contribution in [0.25, 0.3) is 11.3 Å². The molecule has 0 atom stereocenters. The number of hydrogen-bond donors (Lipinski definition) is 0. The first-order valence-corrected chi connectivity index (χ1v) is 9.50. The zero-order valence-corrected chi connectivity index (χ0v) is 15.6. The minimum atomic E-state index is -0.226. The number of aromatic nitrogens is 3. The Labute approximate surface area is 156 Å². The predicted molar refractivity (Wildman–Crippen MR) is 103 cm³/mol. The lowest BCUT2D eigenvalue weighted by atomic mass is 10.2. The second-order valence-corrected chi connectivity index (χ2v) is 7.25. The fourth-order valence-corrected chi connectivity index (χ4v) is 4.04. The predicted octanol–water partition coefficient (Wildman–Crippen LogP) is 3.68. The molecule has 1 aromatic carbocycles. The van der Waals surface area contributed by atoms with Gasteiger partial charge in [-0.05, 0) is 38.1 Å². The van der Waals surface area contributed by atoms with E-state index in [-0.39, 0.29) is 5.82 Å². The highest BCUT2D eigenvalue weighted by Crippen LogP contribution is 2.28. The summed E-state index contributed by atoms with van der Waals surface area (Å²) < 4.78 is 13.1. The Bertz CT molecular complexity index is 880. The fraction of sp³-hybridized carbons (Fsp3) is 0.316. The first-order valence-electron chi connectivity index (χ1n) is 8.62. The van der Waals surface area contributed by atoms with Crippen molar-refractivity contribution in [1.82, 2.24) is 15.0 Å². The van der Waals surface area contributed by atoms with Gasteiger partial charge in [-0.2, -0.15) is 0 Å². The summed E-state index contributed by atoms with van der Waals surface area (Å²) in [6, 6.07) is 8.52. The summed E-state index contributed by atoms with van der Waals surface area (Å²) in [6.07, 6.45) is 0. The summed E-state index contributed by atoms with van der Waals surface area (Å²) in [5, 5.41) is 3.05. The molecule has 3 aromatic rings. The van der Waals surface area contributed by atoms with Crippen LogP contribution in [0.2, 0.25) is 0 Å². The third-order valence-electron chi connectivity index (χ3n) is 4.46. The van der Waals surface area contributed by atoms with Gasteiger partial charge in [-0.15, -0.1) is 11.3 Å². The van der Waals surface area contributed by atoms with E-state index in [1.165, 1.54) is 12.1 Å². The summed E-state index contributed by atoms with van der Waals surface area (Å²) in [7, 11) is 0. The average molecular weight is 369 g/mol. The van der Waals surface area contributed by atoms with Crippen molar-refractivity contribution >= 4 is 22.3 Å². The third kappa shape index (κ3) is 3.53. The lowest BCUT2D eigenvalue weighted by molar-refractivity contribution is 0.628. The molecule has 1 aliphatic heterocycles. The van der Waals surface area contributed by atoms with E-state index in [9.17, 15) is 4.39 Å². The molecule has 4 rings (SSSR count). The van der Waals surface area contributed by atoms with Crippen molar-refractivity contribution < 1.29 is 4.39 Å². The van der Waals surface area contributed by atoms with Crippen molar-refractivity contribution in [1.29, 1.82) is 0 Å². The minimum Gasteiger partial charge on any atom is -0.353 e. The monoisotopic (exact) mass is 369 g/mol. The smallest absolute Gasteiger partial charge is 0.185 e. The highest BCUT2D eigenvalue weighted by atomic mass is 32.1. The van der Waals surface area contributed by atoms with E-state index in [1.807, 2.05) is 25.3 Å². The SMILES string of the molecule is Cc1cc(N2CCN(c3nc(-c4ccc(F)cc4)cs3)CC2)nc(C)n1. The quantitative estimate of drug-likeness (QED) is 0.705. The van der Waals surface area contributed by atoms with Crippen molar-refractivity contribution in [2.24, 2.45) is 0 Å². The molecule has 0 spiro atoms. The van der Waals surface area contributed by atoms with Crippen LogP contribution in [0.1, 0.15) is 11.5 Å². The second kappa shape index (κ2) is 6.99. The van der Waals surface area contributed by atoms with Crippen molar-refractivity contribution in [3.63, 3.8) is 0 Å². The van der Waals surface area contributed by atoms with E-state index in [4.69, 9.17) is 4.98 Å². The Morgan fingerprint density at radius 2 is 1.62 bits per heavy atom. The number of halogens is 1. The van der Waals surface area contributed by atoms with Crippen LogP contribution in [0.5, 0.6) is 0 Å². The molecule has 1 aliphatic rings. The van der Waals surface area contributed by atoms with Crippen LogP contribution in [-0.2, 0) is 0 Å². The zero-order valence-electron chi connectivity index (χ0n) is 14.8. The van der Waals surface area contributed by atoms with Gasteiger partial charge in [0.2, 0.25) is 0 Å².